The van der Waals surface area contributed by atoms with Crippen LogP contribution in [0.1, 0.15) is 56.3 Å². The van der Waals surface area contributed by atoms with Crippen LogP contribution >= 0.6 is 12.2 Å². The SMILES string of the molecule is CC(C)(C)[C@H](NC(=S)Nc1cc(C(F)(F)F)cc(C(F)(F)F)c1)C(=O)N1CCCC1c1cc2cccc3ccc4cccc1c4c32. The number of nitrogens with zero attached hydrogens (tertiary/aromatic N) is 1. The molecule has 1 fully saturated rings. The highest BCUT2D eigenvalue weighted by Crippen LogP contribution is 2.43. The van der Waals surface area contributed by atoms with E-state index in [1.165, 1.54) is 5.39 Å². The number of nitrogens with one attached hydrogen (secondary N) is 2. The van der Waals surface area contributed by atoms with Crippen molar-refractivity contribution in [2.24, 2.45) is 5.41 Å². The molecule has 1 heterocycles. The van der Waals surface area contributed by atoms with Crippen molar-refractivity contribution in [1.29, 1.82) is 0 Å². The Hall–Kier alpha value is -4.12. The Balaban J connectivity index is 1.32. The van der Waals surface area contributed by atoms with E-state index < -0.39 is 40.6 Å². The second-order valence-electron chi connectivity index (χ2n) is 12.9. The van der Waals surface area contributed by atoms with Crippen molar-refractivity contribution in [2.45, 2.75) is 58.0 Å². The third-order valence-corrected chi connectivity index (χ3v) is 8.89. The molecule has 1 saturated heterocycles. The highest BCUT2D eigenvalue weighted by atomic mass is 32.1. The fraction of sp³-hybridized carbons (Fsp3) is 0.314. The van der Waals surface area contributed by atoms with Crippen LogP contribution in [0, 0.1) is 5.41 Å². The molecule has 4 nitrogen and oxygen atoms in total. The molecule has 0 saturated carbocycles. The minimum absolute atomic E-state index is 0.0515. The Morgan fingerprint density at radius 2 is 1.41 bits per heavy atom. The van der Waals surface area contributed by atoms with Gasteiger partial charge in [-0.2, -0.15) is 26.3 Å². The lowest BCUT2D eigenvalue weighted by molar-refractivity contribution is -0.143. The zero-order valence-electron chi connectivity index (χ0n) is 25.2. The molecule has 46 heavy (non-hydrogen) atoms. The first-order chi connectivity index (χ1) is 21.5. The molecule has 0 aromatic heterocycles. The molecule has 0 aliphatic carbocycles. The van der Waals surface area contributed by atoms with Crippen LogP contribution in [0.5, 0.6) is 0 Å². The van der Waals surface area contributed by atoms with E-state index in [2.05, 4.69) is 53.1 Å². The zero-order valence-corrected chi connectivity index (χ0v) is 26.1. The summed E-state index contributed by atoms with van der Waals surface area (Å²) in [6, 6.07) is 18.7. The van der Waals surface area contributed by atoms with Gasteiger partial charge in [0.2, 0.25) is 5.91 Å². The summed E-state index contributed by atoms with van der Waals surface area (Å²) in [5.74, 6) is -0.260. The molecule has 1 amide bonds. The van der Waals surface area contributed by atoms with Gasteiger partial charge in [0.1, 0.15) is 6.04 Å². The van der Waals surface area contributed by atoms with Gasteiger partial charge in [-0.3, -0.25) is 4.79 Å². The van der Waals surface area contributed by atoms with E-state index in [-0.39, 0.29) is 23.1 Å². The fourth-order valence-corrected chi connectivity index (χ4v) is 6.80. The number of anilines is 1. The Morgan fingerprint density at radius 1 is 0.826 bits per heavy atom. The largest absolute Gasteiger partial charge is 0.416 e. The average molecular weight is 656 g/mol. The highest BCUT2D eigenvalue weighted by Gasteiger charge is 2.41. The summed E-state index contributed by atoms with van der Waals surface area (Å²) in [6.45, 7) is 5.94. The van der Waals surface area contributed by atoms with E-state index in [9.17, 15) is 31.1 Å². The van der Waals surface area contributed by atoms with Crippen LogP contribution in [0.15, 0.2) is 72.8 Å². The van der Waals surface area contributed by atoms with E-state index in [1.807, 2.05) is 37.8 Å². The molecule has 1 aliphatic rings. The normalized spacial score (nSPS) is 16.8. The molecule has 0 radical (unpaired) electrons. The Kier molecular flexibility index (Phi) is 7.82. The number of thiocarbonyl (C=S) groups is 1. The van der Waals surface area contributed by atoms with E-state index in [4.69, 9.17) is 12.2 Å². The molecule has 1 aliphatic heterocycles. The van der Waals surface area contributed by atoms with Crippen LogP contribution in [0.2, 0.25) is 0 Å². The number of hydrogen-bond acceptors (Lipinski definition) is 2. The summed E-state index contributed by atoms with van der Waals surface area (Å²) in [6.07, 6.45) is -8.52. The van der Waals surface area contributed by atoms with Gasteiger partial charge in [-0.15, -0.1) is 0 Å². The summed E-state index contributed by atoms with van der Waals surface area (Å²) in [7, 11) is 0. The van der Waals surface area contributed by atoms with Crippen LogP contribution in [0.3, 0.4) is 0 Å². The molecule has 2 N–H and O–H groups in total. The Bertz CT molecular complexity index is 1930. The van der Waals surface area contributed by atoms with E-state index in [0.29, 0.717) is 18.7 Å². The lowest BCUT2D eigenvalue weighted by Crippen LogP contribution is -2.55. The zero-order chi connectivity index (χ0) is 33.2. The van der Waals surface area contributed by atoms with E-state index >= 15 is 0 Å². The number of alkyl halides is 6. The standard InChI is InChI=1S/C35H31F6N3OS/c1-33(2,3)30(43-32(46)42-24-17-22(34(36,37)38)16-23(18-24)35(39,40)41)31(45)44-14-6-11-27(44)26-15-21-9-4-7-19-12-13-20-8-5-10-25(26)29(20)28(19)21/h4-5,7-10,12-13,15-18,27,30H,6,11,14H2,1-3H3,(H2,42,43,46)/t27?,30-/m1/s1. The minimum atomic E-state index is -5.01. The van der Waals surface area contributed by atoms with E-state index in [1.54, 1.807) is 0 Å². The summed E-state index contributed by atoms with van der Waals surface area (Å²) in [4.78, 5) is 16.1. The van der Waals surface area contributed by atoms with Gasteiger partial charge in [0.15, 0.2) is 5.11 Å². The van der Waals surface area contributed by atoms with Crippen LogP contribution in [0.25, 0.3) is 32.3 Å². The van der Waals surface area contributed by atoms with Gasteiger partial charge in [0.05, 0.1) is 17.2 Å². The van der Waals surface area contributed by atoms with Gasteiger partial charge < -0.3 is 15.5 Å². The second-order valence-corrected chi connectivity index (χ2v) is 13.3. The molecule has 5 aromatic rings. The lowest BCUT2D eigenvalue weighted by Gasteiger charge is -2.37. The van der Waals surface area contributed by atoms with Crippen molar-refractivity contribution in [1.82, 2.24) is 10.2 Å². The van der Waals surface area contributed by atoms with Gasteiger partial charge in [0, 0.05) is 12.2 Å². The van der Waals surface area contributed by atoms with Crippen LogP contribution in [0.4, 0.5) is 32.0 Å². The maximum absolute atomic E-state index is 14.3. The third-order valence-electron chi connectivity index (χ3n) is 8.67. The van der Waals surface area contributed by atoms with Crippen molar-refractivity contribution in [2.75, 3.05) is 11.9 Å². The molecule has 0 bridgehead atoms. The topological polar surface area (TPSA) is 44.4 Å². The maximum Gasteiger partial charge on any atom is 0.416 e. The summed E-state index contributed by atoms with van der Waals surface area (Å²) in [5, 5.41) is 11.8. The number of likely N-dealkylation sites (tertiary alicyclic amines) is 1. The van der Waals surface area contributed by atoms with Gasteiger partial charge in [-0.25, -0.2) is 0 Å². The predicted octanol–water partition coefficient (Wildman–Crippen LogP) is 9.69. The lowest BCUT2D eigenvalue weighted by atomic mass is 9.85. The summed E-state index contributed by atoms with van der Waals surface area (Å²) < 4.78 is 80.6. The first-order valence-electron chi connectivity index (χ1n) is 14.9. The van der Waals surface area contributed by atoms with E-state index in [0.717, 1.165) is 45.3 Å². The average Bonchev–Trinajstić information content (AvgIpc) is 3.46. The molecule has 11 heteroatoms. The monoisotopic (exact) mass is 655 g/mol. The number of carbonyl (C=O) groups excluding carboxylic acids is 1. The number of halogens is 6. The third kappa shape index (κ3) is 5.92. The predicted molar refractivity (Wildman–Crippen MR) is 173 cm³/mol. The smallest absolute Gasteiger partial charge is 0.350 e. The van der Waals surface area contributed by atoms with Crippen molar-refractivity contribution >= 4 is 61.2 Å². The van der Waals surface area contributed by atoms with Crippen LogP contribution < -0.4 is 10.6 Å². The molecular formula is C35H31F6N3OS. The first-order valence-corrected chi connectivity index (χ1v) is 15.3. The summed E-state index contributed by atoms with van der Waals surface area (Å²) >= 11 is 5.36. The van der Waals surface area contributed by atoms with Crippen LogP contribution in [-0.4, -0.2) is 28.5 Å². The first kappa shape index (κ1) is 31.8. The van der Waals surface area contributed by atoms with Crippen molar-refractivity contribution in [3.05, 3.63) is 89.5 Å². The van der Waals surface area contributed by atoms with Gasteiger partial charge in [-0.1, -0.05) is 69.3 Å². The van der Waals surface area contributed by atoms with Gasteiger partial charge in [-0.05, 0) is 92.6 Å². The molecule has 0 spiro atoms. The Morgan fingerprint density at radius 3 is 2.02 bits per heavy atom. The van der Waals surface area contributed by atoms with Crippen molar-refractivity contribution in [3.8, 4) is 0 Å². The minimum Gasteiger partial charge on any atom is -0.350 e. The Labute approximate surface area is 267 Å². The van der Waals surface area contributed by atoms with Crippen molar-refractivity contribution < 1.29 is 31.1 Å². The molecule has 1 unspecified atom stereocenters. The highest BCUT2D eigenvalue weighted by molar-refractivity contribution is 7.80. The molecule has 5 aromatic carbocycles. The maximum atomic E-state index is 14.3. The number of rotatable bonds is 4. The second kappa shape index (κ2) is 11.3. The molecule has 6 rings (SSSR count). The van der Waals surface area contributed by atoms with Crippen LogP contribution in [-0.2, 0) is 17.1 Å². The quantitative estimate of drug-likeness (QED) is 0.115. The number of hydrogen-bond donors (Lipinski definition) is 2. The van der Waals surface area contributed by atoms with Gasteiger partial charge >= 0.3 is 12.4 Å². The summed E-state index contributed by atoms with van der Waals surface area (Å²) in [5.41, 5.74) is -3.13. The number of benzene rings is 5. The molecular weight excluding hydrogens is 624 g/mol. The number of amides is 1. The number of carbonyl (C=O) groups is 1. The van der Waals surface area contributed by atoms with Crippen molar-refractivity contribution in [3.63, 3.8) is 0 Å². The van der Waals surface area contributed by atoms with Gasteiger partial charge in [0.25, 0.3) is 0 Å². The molecule has 2 atom stereocenters. The fourth-order valence-electron chi connectivity index (χ4n) is 6.56. The molecule has 240 valence electrons.